The summed E-state index contributed by atoms with van der Waals surface area (Å²) < 4.78 is 27.6. The summed E-state index contributed by atoms with van der Waals surface area (Å²) in [4.78, 5) is 3.93. The van der Waals surface area contributed by atoms with Gasteiger partial charge in [-0.15, -0.1) is 0 Å². The second-order valence-corrected chi connectivity index (χ2v) is 4.98. The van der Waals surface area contributed by atoms with Crippen LogP contribution in [0, 0.1) is 11.6 Å². The third-order valence-electron chi connectivity index (χ3n) is 3.63. The van der Waals surface area contributed by atoms with E-state index in [2.05, 4.69) is 11.9 Å². The zero-order valence-corrected chi connectivity index (χ0v) is 10.8. The standard InChI is InChI=1S/C13H19F2N3/c1-17-5-3-10(4-6-17)18(2)13-11(14)7-9(16)8-12(13)15/h7-8,10H,3-6,16H2,1-2H3. The molecule has 0 amide bonds. The van der Waals surface area contributed by atoms with Crippen molar-refractivity contribution in [1.29, 1.82) is 0 Å². The molecular formula is C13H19F2N3. The van der Waals surface area contributed by atoms with Crippen LogP contribution in [-0.2, 0) is 0 Å². The van der Waals surface area contributed by atoms with Gasteiger partial charge in [-0.1, -0.05) is 0 Å². The van der Waals surface area contributed by atoms with Crippen LogP contribution in [0.25, 0.3) is 0 Å². The lowest BCUT2D eigenvalue weighted by Gasteiger charge is -2.36. The molecule has 100 valence electrons. The smallest absolute Gasteiger partial charge is 0.151 e. The number of anilines is 2. The molecule has 0 spiro atoms. The van der Waals surface area contributed by atoms with Gasteiger partial charge < -0.3 is 15.5 Å². The molecule has 1 aromatic rings. The highest BCUT2D eigenvalue weighted by Crippen LogP contribution is 2.29. The number of hydrogen-bond donors (Lipinski definition) is 1. The molecule has 1 fully saturated rings. The molecule has 0 unspecified atom stereocenters. The Morgan fingerprint density at radius 3 is 2.22 bits per heavy atom. The minimum Gasteiger partial charge on any atom is -0.399 e. The average molecular weight is 255 g/mol. The Hall–Kier alpha value is -1.36. The molecular weight excluding hydrogens is 236 g/mol. The third kappa shape index (κ3) is 2.56. The van der Waals surface area contributed by atoms with Gasteiger partial charge in [0.05, 0.1) is 0 Å². The van der Waals surface area contributed by atoms with Gasteiger partial charge in [0.15, 0.2) is 11.6 Å². The van der Waals surface area contributed by atoms with E-state index in [1.54, 1.807) is 11.9 Å². The van der Waals surface area contributed by atoms with Gasteiger partial charge in [-0.05, 0) is 45.1 Å². The van der Waals surface area contributed by atoms with Crippen LogP contribution in [0.5, 0.6) is 0 Å². The Morgan fingerprint density at radius 1 is 1.22 bits per heavy atom. The zero-order chi connectivity index (χ0) is 13.3. The molecule has 0 radical (unpaired) electrons. The molecule has 1 aliphatic heterocycles. The fraction of sp³-hybridized carbons (Fsp3) is 0.538. The number of halogens is 2. The monoisotopic (exact) mass is 255 g/mol. The molecule has 0 bridgehead atoms. The topological polar surface area (TPSA) is 32.5 Å². The summed E-state index contributed by atoms with van der Waals surface area (Å²) in [5.41, 5.74) is 5.56. The summed E-state index contributed by atoms with van der Waals surface area (Å²) in [5.74, 6) is -1.18. The van der Waals surface area contributed by atoms with E-state index >= 15 is 0 Å². The Kier molecular flexibility index (Phi) is 3.71. The maximum Gasteiger partial charge on any atom is 0.151 e. The lowest BCUT2D eigenvalue weighted by Crippen LogP contribution is -2.42. The largest absolute Gasteiger partial charge is 0.399 e. The molecule has 1 aliphatic rings. The van der Waals surface area contributed by atoms with Crippen molar-refractivity contribution in [3.8, 4) is 0 Å². The quantitative estimate of drug-likeness (QED) is 0.821. The second kappa shape index (κ2) is 5.10. The van der Waals surface area contributed by atoms with E-state index < -0.39 is 11.6 Å². The summed E-state index contributed by atoms with van der Waals surface area (Å²) in [6, 6.07) is 2.52. The van der Waals surface area contributed by atoms with Crippen LogP contribution in [0.4, 0.5) is 20.2 Å². The second-order valence-electron chi connectivity index (χ2n) is 4.98. The fourth-order valence-corrected chi connectivity index (χ4v) is 2.49. The van der Waals surface area contributed by atoms with E-state index in [4.69, 9.17) is 5.73 Å². The number of benzene rings is 1. The molecule has 2 N–H and O–H groups in total. The SMILES string of the molecule is CN1CCC(N(C)c2c(F)cc(N)cc2F)CC1. The molecule has 0 aromatic heterocycles. The average Bonchev–Trinajstić information content (AvgIpc) is 2.28. The zero-order valence-electron chi connectivity index (χ0n) is 10.8. The van der Waals surface area contributed by atoms with E-state index in [-0.39, 0.29) is 17.4 Å². The van der Waals surface area contributed by atoms with Crippen molar-refractivity contribution in [2.75, 3.05) is 37.8 Å². The first-order valence-electron chi connectivity index (χ1n) is 6.15. The molecule has 0 atom stereocenters. The van der Waals surface area contributed by atoms with Gasteiger partial charge in [0.25, 0.3) is 0 Å². The van der Waals surface area contributed by atoms with Gasteiger partial charge in [0.1, 0.15) is 5.69 Å². The first-order valence-corrected chi connectivity index (χ1v) is 6.15. The molecule has 3 nitrogen and oxygen atoms in total. The summed E-state index contributed by atoms with van der Waals surface area (Å²) in [6.45, 7) is 1.90. The molecule has 1 saturated heterocycles. The van der Waals surface area contributed by atoms with E-state index in [0.29, 0.717) is 0 Å². The fourth-order valence-electron chi connectivity index (χ4n) is 2.49. The van der Waals surface area contributed by atoms with Crippen molar-refractivity contribution in [2.45, 2.75) is 18.9 Å². The van der Waals surface area contributed by atoms with Crippen LogP contribution < -0.4 is 10.6 Å². The van der Waals surface area contributed by atoms with Crippen LogP contribution in [0.15, 0.2) is 12.1 Å². The summed E-state index contributed by atoms with van der Waals surface area (Å²) in [5, 5.41) is 0. The van der Waals surface area contributed by atoms with Crippen LogP contribution in [0.3, 0.4) is 0 Å². The highest BCUT2D eigenvalue weighted by Gasteiger charge is 2.24. The Balaban J connectivity index is 2.21. The molecule has 1 heterocycles. The summed E-state index contributed by atoms with van der Waals surface area (Å²) >= 11 is 0. The van der Waals surface area contributed by atoms with Crippen LogP contribution in [0.2, 0.25) is 0 Å². The van der Waals surface area contributed by atoms with Crippen molar-refractivity contribution in [3.63, 3.8) is 0 Å². The summed E-state index contributed by atoms with van der Waals surface area (Å²) in [6.07, 6.45) is 1.83. The van der Waals surface area contributed by atoms with Gasteiger partial charge in [-0.3, -0.25) is 0 Å². The van der Waals surface area contributed by atoms with Gasteiger partial charge in [0.2, 0.25) is 0 Å². The van der Waals surface area contributed by atoms with Crippen LogP contribution >= 0.6 is 0 Å². The van der Waals surface area contributed by atoms with Gasteiger partial charge in [0, 0.05) is 18.8 Å². The number of rotatable bonds is 2. The van der Waals surface area contributed by atoms with Gasteiger partial charge in [-0.2, -0.15) is 0 Å². The Bertz CT molecular complexity index is 405. The molecule has 18 heavy (non-hydrogen) atoms. The van der Waals surface area contributed by atoms with Gasteiger partial charge in [-0.25, -0.2) is 8.78 Å². The van der Waals surface area contributed by atoms with Gasteiger partial charge >= 0.3 is 0 Å². The van der Waals surface area contributed by atoms with Crippen molar-refractivity contribution in [2.24, 2.45) is 0 Å². The number of piperidine rings is 1. The first-order chi connectivity index (χ1) is 8.49. The molecule has 5 heteroatoms. The van der Waals surface area contributed by atoms with Crippen molar-refractivity contribution >= 4 is 11.4 Å². The highest BCUT2D eigenvalue weighted by atomic mass is 19.1. The lowest BCUT2D eigenvalue weighted by atomic mass is 10.0. The number of hydrogen-bond acceptors (Lipinski definition) is 3. The predicted molar refractivity (Wildman–Crippen MR) is 69.7 cm³/mol. The minimum absolute atomic E-state index is 0.0266. The van der Waals surface area contributed by atoms with E-state index in [9.17, 15) is 8.78 Å². The van der Waals surface area contributed by atoms with Crippen molar-refractivity contribution in [3.05, 3.63) is 23.8 Å². The lowest BCUT2D eigenvalue weighted by molar-refractivity contribution is 0.252. The van der Waals surface area contributed by atoms with Crippen LogP contribution in [-0.4, -0.2) is 38.1 Å². The molecule has 0 saturated carbocycles. The highest BCUT2D eigenvalue weighted by molar-refractivity contribution is 5.56. The molecule has 0 aliphatic carbocycles. The maximum absolute atomic E-state index is 13.8. The van der Waals surface area contributed by atoms with E-state index in [0.717, 1.165) is 25.9 Å². The first kappa shape index (κ1) is 13.1. The predicted octanol–water partition coefficient (Wildman–Crippen LogP) is 2.08. The molecule has 1 aromatic carbocycles. The van der Waals surface area contributed by atoms with E-state index in [1.165, 1.54) is 12.1 Å². The van der Waals surface area contributed by atoms with E-state index in [1.807, 2.05) is 0 Å². The third-order valence-corrected chi connectivity index (χ3v) is 3.63. The Morgan fingerprint density at radius 2 is 1.72 bits per heavy atom. The normalized spacial score (nSPS) is 18.0. The Labute approximate surface area is 106 Å². The number of nitrogens with two attached hydrogens (primary N) is 1. The number of nitrogens with zero attached hydrogens (tertiary/aromatic N) is 2. The number of nitrogen functional groups attached to an aromatic ring is 1. The van der Waals surface area contributed by atoms with Crippen molar-refractivity contribution in [1.82, 2.24) is 4.90 Å². The maximum atomic E-state index is 13.8. The van der Waals surface area contributed by atoms with Crippen LogP contribution in [0.1, 0.15) is 12.8 Å². The minimum atomic E-state index is -0.589. The number of likely N-dealkylation sites (tertiary alicyclic amines) is 1. The summed E-state index contributed by atoms with van der Waals surface area (Å²) in [7, 11) is 3.80. The van der Waals surface area contributed by atoms with Crippen molar-refractivity contribution < 1.29 is 8.78 Å². The molecule has 2 rings (SSSR count).